The molecule has 0 unspecified atom stereocenters. The first-order valence-corrected chi connectivity index (χ1v) is 11.0. The highest BCUT2D eigenvalue weighted by atomic mass is 32.2. The number of hydrogen-bond donors (Lipinski definition) is 1. The van der Waals surface area contributed by atoms with Gasteiger partial charge in [0.15, 0.2) is 16.7 Å². The van der Waals surface area contributed by atoms with Crippen molar-refractivity contribution in [3.05, 3.63) is 71.8 Å². The SMILES string of the molecule is C=CCn1c(CN(C)Cc2cc(OC)c(O)c(OC)c2)nnc1SCc1cccc(F)c1. The van der Waals surface area contributed by atoms with E-state index in [0.717, 1.165) is 22.1 Å². The summed E-state index contributed by atoms with van der Waals surface area (Å²) in [7, 11) is 4.98. The molecule has 0 aliphatic carbocycles. The van der Waals surface area contributed by atoms with Crippen LogP contribution in [0.15, 0.2) is 54.2 Å². The summed E-state index contributed by atoms with van der Waals surface area (Å²) in [4.78, 5) is 2.08. The predicted octanol–water partition coefficient (Wildman–Crippen LogP) is 4.25. The predicted molar refractivity (Wildman–Crippen MR) is 123 cm³/mol. The van der Waals surface area contributed by atoms with Crippen LogP contribution in [0.2, 0.25) is 0 Å². The van der Waals surface area contributed by atoms with Crippen LogP contribution in [0.4, 0.5) is 4.39 Å². The Morgan fingerprint density at radius 3 is 2.47 bits per heavy atom. The van der Waals surface area contributed by atoms with Gasteiger partial charge in [0.05, 0.1) is 20.8 Å². The van der Waals surface area contributed by atoms with Crippen LogP contribution < -0.4 is 9.47 Å². The zero-order chi connectivity index (χ0) is 23.1. The third-order valence-corrected chi connectivity index (χ3v) is 5.80. The quantitative estimate of drug-likeness (QED) is 0.340. The molecule has 0 aliphatic heterocycles. The molecule has 170 valence electrons. The molecule has 9 heteroatoms. The Bertz CT molecular complexity index is 1050. The number of rotatable bonds is 11. The van der Waals surface area contributed by atoms with Crippen molar-refractivity contribution in [3.8, 4) is 17.2 Å². The van der Waals surface area contributed by atoms with Crippen LogP contribution in [0, 0.1) is 5.82 Å². The molecule has 0 radical (unpaired) electrons. The third-order valence-electron chi connectivity index (χ3n) is 4.77. The third kappa shape index (κ3) is 5.80. The van der Waals surface area contributed by atoms with Crippen LogP contribution in [0.5, 0.6) is 17.2 Å². The molecule has 32 heavy (non-hydrogen) atoms. The summed E-state index contributed by atoms with van der Waals surface area (Å²) in [6.07, 6.45) is 1.80. The zero-order valence-corrected chi connectivity index (χ0v) is 19.2. The molecule has 0 fully saturated rings. The minimum Gasteiger partial charge on any atom is -0.502 e. The Kier molecular flexibility index (Phi) is 8.13. The number of benzene rings is 2. The molecule has 0 spiro atoms. The largest absolute Gasteiger partial charge is 0.502 e. The lowest BCUT2D eigenvalue weighted by Gasteiger charge is -2.18. The summed E-state index contributed by atoms with van der Waals surface area (Å²) >= 11 is 1.51. The van der Waals surface area contributed by atoms with Crippen LogP contribution in [0.1, 0.15) is 17.0 Å². The van der Waals surface area contributed by atoms with Gasteiger partial charge in [-0.25, -0.2) is 4.39 Å². The number of nitrogens with zero attached hydrogens (tertiary/aromatic N) is 4. The first kappa shape index (κ1) is 23.6. The second-order valence-electron chi connectivity index (χ2n) is 7.24. The number of aromatic hydroxyl groups is 1. The standard InChI is InChI=1S/C23H27FN4O3S/c1-5-9-28-21(25-26-23(28)32-15-16-7-6-8-18(24)10-16)14-27(2)13-17-11-19(30-3)22(29)20(12-17)31-4/h5-8,10-12,29H,1,9,13-15H2,2-4H3. The normalized spacial score (nSPS) is 11.0. The first-order valence-electron chi connectivity index (χ1n) is 9.97. The monoisotopic (exact) mass is 458 g/mol. The molecule has 1 N–H and O–H groups in total. The van der Waals surface area contributed by atoms with Gasteiger partial charge >= 0.3 is 0 Å². The Hall–Kier alpha value is -3.04. The Labute approximate surface area is 191 Å². The Morgan fingerprint density at radius 1 is 1.12 bits per heavy atom. The van der Waals surface area contributed by atoms with Gasteiger partial charge < -0.3 is 19.1 Å². The molecule has 0 saturated heterocycles. The minimum atomic E-state index is -0.250. The molecule has 3 aromatic rings. The van der Waals surface area contributed by atoms with Gasteiger partial charge in [-0.2, -0.15) is 0 Å². The van der Waals surface area contributed by atoms with E-state index in [1.54, 1.807) is 24.3 Å². The van der Waals surface area contributed by atoms with Crippen molar-refractivity contribution in [3.63, 3.8) is 0 Å². The van der Waals surface area contributed by atoms with Gasteiger partial charge in [-0.05, 0) is 42.4 Å². The molecule has 1 aromatic heterocycles. The van der Waals surface area contributed by atoms with E-state index in [4.69, 9.17) is 9.47 Å². The number of aromatic nitrogens is 3. The maximum Gasteiger partial charge on any atom is 0.200 e. The fourth-order valence-electron chi connectivity index (χ4n) is 3.28. The van der Waals surface area contributed by atoms with Gasteiger partial charge in [-0.1, -0.05) is 30.0 Å². The highest BCUT2D eigenvalue weighted by molar-refractivity contribution is 7.98. The zero-order valence-electron chi connectivity index (χ0n) is 18.4. The maximum atomic E-state index is 13.4. The topological polar surface area (TPSA) is 72.6 Å². The molecule has 0 aliphatic rings. The van der Waals surface area contributed by atoms with Crippen molar-refractivity contribution in [1.29, 1.82) is 0 Å². The van der Waals surface area contributed by atoms with E-state index in [1.165, 1.54) is 38.1 Å². The molecule has 0 bridgehead atoms. The average Bonchev–Trinajstić information content (AvgIpc) is 3.14. The lowest BCUT2D eigenvalue weighted by atomic mass is 10.1. The lowest BCUT2D eigenvalue weighted by molar-refractivity contribution is 0.300. The van der Waals surface area contributed by atoms with E-state index >= 15 is 0 Å². The molecule has 0 amide bonds. The van der Waals surface area contributed by atoms with E-state index in [-0.39, 0.29) is 11.6 Å². The van der Waals surface area contributed by atoms with E-state index in [2.05, 4.69) is 21.7 Å². The van der Waals surface area contributed by atoms with Gasteiger partial charge in [0, 0.05) is 18.8 Å². The fourth-order valence-corrected chi connectivity index (χ4v) is 4.19. The molecule has 1 heterocycles. The first-order chi connectivity index (χ1) is 15.4. The van der Waals surface area contributed by atoms with Gasteiger partial charge in [-0.15, -0.1) is 16.8 Å². The summed E-state index contributed by atoms with van der Waals surface area (Å²) in [6, 6.07) is 10.1. The average molecular weight is 459 g/mol. The van der Waals surface area contributed by atoms with Crippen LogP contribution in [0.25, 0.3) is 0 Å². The molecular formula is C23H27FN4O3S. The van der Waals surface area contributed by atoms with Crippen LogP contribution in [0.3, 0.4) is 0 Å². The second kappa shape index (κ2) is 11.0. The number of hydrogen-bond acceptors (Lipinski definition) is 7. The molecule has 2 aromatic carbocycles. The maximum absolute atomic E-state index is 13.4. The molecule has 7 nitrogen and oxygen atoms in total. The number of phenols is 1. The van der Waals surface area contributed by atoms with Crippen molar-refractivity contribution in [2.24, 2.45) is 0 Å². The van der Waals surface area contributed by atoms with E-state index in [0.29, 0.717) is 36.9 Å². The van der Waals surface area contributed by atoms with Crippen LogP contribution >= 0.6 is 11.8 Å². The van der Waals surface area contributed by atoms with Crippen LogP contribution in [-0.4, -0.2) is 46.0 Å². The molecule has 0 saturated carbocycles. The van der Waals surface area contributed by atoms with E-state index in [9.17, 15) is 9.50 Å². The number of allylic oxidation sites excluding steroid dienone is 1. The van der Waals surface area contributed by atoms with Gasteiger partial charge in [-0.3, -0.25) is 4.90 Å². The second-order valence-corrected chi connectivity index (χ2v) is 8.18. The van der Waals surface area contributed by atoms with Crippen molar-refractivity contribution >= 4 is 11.8 Å². The van der Waals surface area contributed by atoms with Gasteiger partial charge in [0.25, 0.3) is 0 Å². The molecule has 3 rings (SSSR count). The summed E-state index contributed by atoms with van der Waals surface area (Å²) in [5.74, 6) is 1.84. The van der Waals surface area contributed by atoms with Crippen molar-refractivity contribution in [1.82, 2.24) is 19.7 Å². The smallest absolute Gasteiger partial charge is 0.200 e. The summed E-state index contributed by atoms with van der Waals surface area (Å²) in [5, 5.41) is 19.6. The molecular weight excluding hydrogens is 431 g/mol. The van der Waals surface area contributed by atoms with Crippen LogP contribution in [-0.2, 0) is 25.4 Å². The summed E-state index contributed by atoms with van der Waals surface area (Å²) in [6.45, 7) is 5.54. The number of thioether (sulfide) groups is 1. The van der Waals surface area contributed by atoms with Gasteiger partial charge in [0.2, 0.25) is 5.75 Å². The van der Waals surface area contributed by atoms with Gasteiger partial charge in [0.1, 0.15) is 11.6 Å². The summed E-state index contributed by atoms with van der Waals surface area (Å²) in [5.41, 5.74) is 1.81. The summed E-state index contributed by atoms with van der Waals surface area (Å²) < 4.78 is 25.9. The Morgan fingerprint density at radius 2 is 1.84 bits per heavy atom. The highest BCUT2D eigenvalue weighted by Crippen LogP contribution is 2.37. The van der Waals surface area contributed by atoms with E-state index in [1.807, 2.05) is 17.7 Å². The Balaban J connectivity index is 1.72. The van der Waals surface area contributed by atoms with Crippen molar-refractivity contribution < 1.29 is 19.0 Å². The number of halogens is 1. The number of phenolic OH excluding ortho intramolecular Hbond substituents is 1. The number of methoxy groups -OCH3 is 2. The number of ether oxygens (including phenoxy) is 2. The minimum absolute atomic E-state index is 0.0212. The fraction of sp³-hybridized carbons (Fsp3) is 0.304. The highest BCUT2D eigenvalue weighted by Gasteiger charge is 2.16. The van der Waals surface area contributed by atoms with Crippen molar-refractivity contribution in [2.75, 3.05) is 21.3 Å². The van der Waals surface area contributed by atoms with E-state index < -0.39 is 0 Å². The lowest BCUT2D eigenvalue weighted by Crippen LogP contribution is -2.20. The molecule has 0 atom stereocenters. The van der Waals surface area contributed by atoms with Crippen molar-refractivity contribution in [2.45, 2.75) is 30.5 Å².